The summed E-state index contributed by atoms with van der Waals surface area (Å²) >= 11 is 18.6. The van der Waals surface area contributed by atoms with E-state index >= 15 is 0 Å². The number of anilines is 1. The van der Waals surface area contributed by atoms with Crippen molar-refractivity contribution in [1.82, 2.24) is 14.9 Å². The minimum absolute atomic E-state index is 0.0436. The van der Waals surface area contributed by atoms with Crippen molar-refractivity contribution in [1.29, 1.82) is 0 Å². The Kier molecular flexibility index (Phi) is 6.71. The first kappa shape index (κ1) is 22.5. The van der Waals surface area contributed by atoms with Crippen molar-refractivity contribution in [3.63, 3.8) is 0 Å². The van der Waals surface area contributed by atoms with Gasteiger partial charge in [0.15, 0.2) is 5.82 Å². The van der Waals surface area contributed by atoms with E-state index in [0.29, 0.717) is 15.6 Å². The predicted octanol–water partition coefficient (Wildman–Crippen LogP) is 5.37. The lowest BCUT2D eigenvalue weighted by molar-refractivity contribution is -0.137. The van der Waals surface area contributed by atoms with Gasteiger partial charge in [-0.15, -0.1) is 10.2 Å². The second-order valence-electron chi connectivity index (χ2n) is 5.83. The standard InChI is InChI=1S/C17H11Cl3F3N5OS/c18-8-1-3-12(19)10(5-8)15-26-27-16(28(15)24)30-7-14(29)25-9-2-4-13(20)11(6-9)17(21,22)23/h1-6H,7,24H2,(H,25,29). The van der Waals surface area contributed by atoms with E-state index in [4.69, 9.17) is 40.6 Å². The molecule has 13 heteroatoms. The molecule has 1 heterocycles. The highest BCUT2D eigenvalue weighted by Crippen LogP contribution is 2.36. The largest absolute Gasteiger partial charge is 0.417 e. The summed E-state index contributed by atoms with van der Waals surface area (Å²) in [6, 6.07) is 7.84. The summed E-state index contributed by atoms with van der Waals surface area (Å²) in [5.41, 5.74) is -0.631. The van der Waals surface area contributed by atoms with Gasteiger partial charge >= 0.3 is 6.18 Å². The second kappa shape index (κ2) is 8.93. The summed E-state index contributed by atoms with van der Waals surface area (Å²) in [4.78, 5) is 12.1. The zero-order valence-corrected chi connectivity index (χ0v) is 17.8. The van der Waals surface area contributed by atoms with Gasteiger partial charge in [-0.3, -0.25) is 4.79 Å². The number of nitrogen functional groups attached to an aromatic ring is 1. The van der Waals surface area contributed by atoms with Gasteiger partial charge in [-0.1, -0.05) is 46.6 Å². The van der Waals surface area contributed by atoms with Gasteiger partial charge in [-0.25, -0.2) is 4.68 Å². The molecule has 30 heavy (non-hydrogen) atoms. The Morgan fingerprint density at radius 3 is 2.50 bits per heavy atom. The number of carbonyl (C=O) groups excluding carboxylic acids is 1. The molecule has 0 saturated carbocycles. The number of thioether (sulfide) groups is 1. The predicted molar refractivity (Wildman–Crippen MR) is 111 cm³/mol. The number of hydrogen-bond acceptors (Lipinski definition) is 5. The monoisotopic (exact) mass is 495 g/mol. The van der Waals surface area contributed by atoms with Gasteiger partial charge in [0.1, 0.15) is 0 Å². The summed E-state index contributed by atoms with van der Waals surface area (Å²) in [5.74, 6) is 5.46. The summed E-state index contributed by atoms with van der Waals surface area (Å²) in [6.45, 7) is 0. The Morgan fingerprint density at radius 2 is 1.80 bits per heavy atom. The Labute approximate surface area is 187 Å². The van der Waals surface area contributed by atoms with E-state index in [2.05, 4.69) is 15.5 Å². The fraction of sp³-hybridized carbons (Fsp3) is 0.118. The zero-order chi connectivity index (χ0) is 22.1. The fourth-order valence-corrected chi connectivity index (χ4v) is 3.63. The molecule has 158 valence electrons. The average Bonchev–Trinajstić information content (AvgIpc) is 3.03. The van der Waals surface area contributed by atoms with Crippen LogP contribution in [0.25, 0.3) is 11.4 Å². The van der Waals surface area contributed by atoms with Crippen molar-refractivity contribution in [3.05, 3.63) is 57.0 Å². The van der Waals surface area contributed by atoms with Gasteiger partial charge in [0.2, 0.25) is 11.1 Å². The smallest absolute Gasteiger partial charge is 0.335 e. The number of hydrogen-bond donors (Lipinski definition) is 2. The minimum atomic E-state index is -4.64. The van der Waals surface area contributed by atoms with Crippen LogP contribution < -0.4 is 11.2 Å². The van der Waals surface area contributed by atoms with Gasteiger partial charge in [0.05, 0.1) is 21.4 Å². The van der Waals surface area contributed by atoms with Crippen molar-refractivity contribution in [3.8, 4) is 11.4 Å². The third-order valence-corrected chi connectivity index (χ3v) is 5.56. The van der Waals surface area contributed by atoms with Crippen LogP contribution in [-0.4, -0.2) is 26.5 Å². The third-order valence-electron chi connectivity index (χ3n) is 3.72. The normalized spacial score (nSPS) is 11.5. The number of nitrogens with two attached hydrogens (primary N) is 1. The van der Waals surface area contributed by atoms with E-state index in [-0.39, 0.29) is 22.4 Å². The molecule has 3 aromatic rings. The summed E-state index contributed by atoms with van der Waals surface area (Å²) in [6.07, 6.45) is -4.64. The van der Waals surface area contributed by atoms with E-state index in [1.165, 1.54) is 6.07 Å². The number of aromatic nitrogens is 3. The Hall–Kier alpha value is -2.14. The highest BCUT2D eigenvalue weighted by Gasteiger charge is 2.33. The lowest BCUT2D eigenvalue weighted by Gasteiger charge is -2.11. The molecule has 0 radical (unpaired) electrons. The lowest BCUT2D eigenvalue weighted by Crippen LogP contribution is -2.17. The maximum Gasteiger partial charge on any atom is 0.417 e. The first-order valence-corrected chi connectivity index (χ1v) is 10.1. The number of carbonyl (C=O) groups is 1. The van der Waals surface area contributed by atoms with E-state index in [0.717, 1.165) is 28.6 Å². The highest BCUT2D eigenvalue weighted by molar-refractivity contribution is 7.99. The molecule has 0 atom stereocenters. The molecule has 0 saturated heterocycles. The van der Waals surface area contributed by atoms with E-state index < -0.39 is 22.7 Å². The molecule has 2 aromatic carbocycles. The van der Waals surface area contributed by atoms with Gasteiger partial charge in [-0.05, 0) is 36.4 Å². The quantitative estimate of drug-likeness (QED) is 0.366. The van der Waals surface area contributed by atoms with Crippen molar-refractivity contribution in [2.75, 3.05) is 16.9 Å². The first-order valence-electron chi connectivity index (χ1n) is 8.01. The maximum absolute atomic E-state index is 12.9. The van der Waals surface area contributed by atoms with Crippen LogP contribution in [0.3, 0.4) is 0 Å². The van der Waals surface area contributed by atoms with Gasteiger partial charge < -0.3 is 11.2 Å². The molecule has 1 amide bonds. The lowest BCUT2D eigenvalue weighted by atomic mass is 10.2. The van der Waals surface area contributed by atoms with Crippen LogP contribution in [0.5, 0.6) is 0 Å². The Bertz CT molecular complexity index is 1110. The van der Waals surface area contributed by atoms with Crippen LogP contribution in [-0.2, 0) is 11.0 Å². The third kappa shape index (κ3) is 5.12. The molecule has 3 rings (SSSR count). The molecule has 0 unspecified atom stereocenters. The van der Waals surface area contributed by atoms with Crippen molar-refractivity contribution < 1.29 is 18.0 Å². The molecular formula is C17H11Cl3F3N5OS. The molecule has 0 aliphatic heterocycles. The van der Waals surface area contributed by atoms with Gasteiger partial charge in [0.25, 0.3) is 0 Å². The summed E-state index contributed by atoms with van der Waals surface area (Å²) < 4.78 is 39.9. The van der Waals surface area contributed by atoms with Gasteiger partial charge in [-0.2, -0.15) is 13.2 Å². The van der Waals surface area contributed by atoms with Crippen molar-refractivity contribution in [2.45, 2.75) is 11.3 Å². The average molecular weight is 497 g/mol. The Morgan fingerprint density at radius 1 is 1.10 bits per heavy atom. The molecule has 0 aliphatic rings. The molecule has 1 aromatic heterocycles. The molecule has 3 N–H and O–H groups in total. The second-order valence-corrected chi connectivity index (χ2v) is 8.02. The van der Waals surface area contributed by atoms with Crippen LogP contribution in [0.15, 0.2) is 41.6 Å². The topological polar surface area (TPSA) is 85.8 Å². The van der Waals surface area contributed by atoms with Crippen LogP contribution in [0, 0.1) is 0 Å². The number of alkyl halides is 3. The number of halogens is 6. The Balaban J connectivity index is 1.69. The van der Waals surface area contributed by atoms with Gasteiger partial charge in [0, 0.05) is 16.3 Å². The molecule has 0 spiro atoms. The van der Waals surface area contributed by atoms with E-state index in [1.807, 2.05) is 0 Å². The molecule has 6 nitrogen and oxygen atoms in total. The molecular weight excluding hydrogens is 486 g/mol. The first-order chi connectivity index (χ1) is 14.1. The summed E-state index contributed by atoms with van der Waals surface area (Å²) in [5, 5.41) is 10.7. The number of nitrogens with zero attached hydrogens (tertiary/aromatic N) is 3. The van der Waals surface area contributed by atoms with Crippen molar-refractivity contribution >= 4 is 58.2 Å². The number of benzene rings is 2. The molecule has 0 bridgehead atoms. The molecule has 0 aliphatic carbocycles. The zero-order valence-electron chi connectivity index (χ0n) is 14.7. The van der Waals surface area contributed by atoms with Crippen LogP contribution >= 0.6 is 46.6 Å². The SMILES string of the molecule is Nn1c(SCC(=O)Nc2ccc(Cl)c(C(F)(F)F)c2)nnc1-c1cc(Cl)ccc1Cl. The number of amides is 1. The van der Waals surface area contributed by atoms with Crippen molar-refractivity contribution in [2.24, 2.45) is 0 Å². The summed E-state index contributed by atoms with van der Waals surface area (Å²) in [7, 11) is 0. The van der Waals surface area contributed by atoms with Crippen LogP contribution in [0.2, 0.25) is 15.1 Å². The van der Waals surface area contributed by atoms with Crippen LogP contribution in [0.1, 0.15) is 5.56 Å². The minimum Gasteiger partial charge on any atom is -0.335 e. The maximum atomic E-state index is 12.9. The number of rotatable bonds is 5. The van der Waals surface area contributed by atoms with E-state index in [9.17, 15) is 18.0 Å². The highest BCUT2D eigenvalue weighted by atomic mass is 35.5. The molecule has 0 fully saturated rings. The van der Waals surface area contributed by atoms with Crippen LogP contribution in [0.4, 0.5) is 18.9 Å². The fourth-order valence-electron chi connectivity index (χ4n) is 2.38. The van der Waals surface area contributed by atoms with E-state index in [1.54, 1.807) is 18.2 Å². The number of nitrogens with one attached hydrogen (secondary N) is 1.